The highest BCUT2D eigenvalue weighted by Gasteiger charge is 2.72. The molecule has 3 atom stereocenters. The third kappa shape index (κ3) is 3.01. The van der Waals surface area contributed by atoms with E-state index < -0.39 is 26.4 Å². The molecule has 130 valence electrons. The largest absolute Gasteiger partial charge is 0.383 e. The van der Waals surface area contributed by atoms with Crippen LogP contribution in [-0.4, -0.2) is 27.4 Å². The van der Waals surface area contributed by atoms with Crippen LogP contribution in [0.1, 0.15) is 17.0 Å². The van der Waals surface area contributed by atoms with Gasteiger partial charge in [-0.25, -0.2) is 8.42 Å². The Bertz CT molecular complexity index is 917. The van der Waals surface area contributed by atoms with Crippen LogP contribution >= 0.6 is 15.9 Å². The highest BCUT2D eigenvalue weighted by molar-refractivity contribution is 9.10. The fourth-order valence-electron chi connectivity index (χ4n) is 3.45. The summed E-state index contributed by atoms with van der Waals surface area (Å²) in [5, 5.41) is 8.98. The molecular formula is C19H18BrNO3S. The summed E-state index contributed by atoms with van der Waals surface area (Å²) < 4.78 is 32.5. The number of halogens is 1. The molecule has 0 unspecified atom stereocenters. The number of benzene rings is 2. The molecule has 1 aliphatic rings. The van der Waals surface area contributed by atoms with Crippen molar-refractivity contribution in [2.45, 2.75) is 23.0 Å². The molecule has 3 rings (SSSR count). The van der Waals surface area contributed by atoms with Crippen molar-refractivity contribution in [1.82, 2.24) is 0 Å². The Labute approximate surface area is 156 Å². The van der Waals surface area contributed by atoms with E-state index in [9.17, 15) is 13.7 Å². The third-order valence-electron chi connectivity index (χ3n) is 4.76. The molecule has 0 aliphatic heterocycles. The lowest BCUT2D eigenvalue weighted by Crippen LogP contribution is -2.19. The van der Waals surface area contributed by atoms with Crippen LogP contribution in [0.3, 0.4) is 0 Å². The zero-order valence-corrected chi connectivity index (χ0v) is 16.3. The Kier molecular flexibility index (Phi) is 4.76. The van der Waals surface area contributed by atoms with Crippen LogP contribution in [0, 0.1) is 23.7 Å². The van der Waals surface area contributed by atoms with Crippen molar-refractivity contribution in [3.63, 3.8) is 0 Å². The molecule has 1 fully saturated rings. The van der Waals surface area contributed by atoms with E-state index in [1.165, 1.54) is 7.11 Å². The highest BCUT2D eigenvalue weighted by Crippen LogP contribution is 2.63. The summed E-state index contributed by atoms with van der Waals surface area (Å²) in [6.45, 7) is 1.99. The number of methoxy groups -OCH3 is 1. The first-order valence-corrected chi connectivity index (χ1v) is 10.2. The van der Waals surface area contributed by atoms with Gasteiger partial charge in [0.25, 0.3) is 0 Å². The van der Waals surface area contributed by atoms with Gasteiger partial charge in [-0.1, -0.05) is 45.8 Å². The minimum atomic E-state index is -3.65. The maximum Gasteiger partial charge on any atom is 0.183 e. The van der Waals surface area contributed by atoms with E-state index in [2.05, 4.69) is 22.0 Å². The number of rotatable bonds is 5. The van der Waals surface area contributed by atoms with Crippen LogP contribution in [0.5, 0.6) is 0 Å². The summed E-state index contributed by atoms with van der Waals surface area (Å²) in [7, 11) is -2.15. The van der Waals surface area contributed by atoms with Crippen molar-refractivity contribution >= 4 is 25.8 Å². The molecule has 4 nitrogen and oxygen atoms in total. The predicted octanol–water partition coefficient (Wildman–Crippen LogP) is 3.85. The van der Waals surface area contributed by atoms with Crippen LogP contribution < -0.4 is 0 Å². The third-order valence-corrected chi connectivity index (χ3v) is 7.58. The summed E-state index contributed by atoms with van der Waals surface area (Å²) in [5.41, 5.74) is 0.761. The van der Waals surface area contributed by atoms with E-state index in [1.54, 1.807) is 24.3 Å². The second-order valence-electron chi connectivity index (χ2n) is 6.39. The van der Waals surface area contributed by atoms with Gasteiger partial charge < -0.3 is 4.74 Å². The Morgan fingerprint density at radius 1 is 1.16 bits per heavy atom. The average Bonchev–Trinajstić information content (AvgIpc) is 3.26. The molecule has 0 spiro atoms. The average molecular weight is 420 g/mol. The predicted molar refractivity (Wildman–Crippen MR) is 99.0 cm³/mol. The van der Waals surface area contributed by atoms with Gasteiger partial charge in [0, 0.05) is 17.5 Å². The van der Waals surface area contributed by atoms with Gasteiger partial charge in [0.05, 0.1) is 22.8 Å². The molecule has 1 saturated carbocycles. The van der Waals surface area contributed by atoms with Crippen molar-refractivity contribution in [2.75, 3.05) is 13.7 Å². The van der Waals surface area contributed by atoms with Crippen molar-refractivity contribution in [3.8, 4) is 6.07 Å². The van der Waals surface area contributed by atoms with E-state index in [0.29, 0.717) is 0 Å². The number of hydrogen-bond donors (Lipinski definition) is 0. The summed E-state index contributed by atoms with van der Waals surface area (Å²) >= 11 is 3.38. The standard InChI is InChI=1S/C19H18BrNO3S/c1-13-3-9-16(10-4-13)25(22,23)18-17(19(18,11-21)12-24-2)14-5-7-15(20)8-6-14/h3-10,17-18H,12H2,1-2H3/t17-,18-,19+/m0/s1. The lowest BCUT2D eigenvalue weighted by Gasteiger charge is -2.08. The second-order valence-corrected chi connectivity index (χ2v) is 9.38. The first-order valence-electron chi connectivity index (χ1n) is 7.83. The fraction of sp³-hybridized carbons (Fsp3) is 0.316. The Hall–Kier alpha value is -1.68. The first-order chi connectivity index (χ1) is 11.9. The molecule has 0 saturated heterocycles. The Morgan fingerprint density at radius 2 is 1.76 bits per heavy atom. The SMILES string of the molecule is COC[C@]1(C#N)[C@@H](c2ccc(Br)cc2)[C@@H]1S(=O)(=O)c1ccc(C)cc1. The van der Waals surface area contributed by atoms with Crippen molar-refractivity contribution < 1.29 is 13.2 Å². The van der Waals surface area contributed by atoms with Gasteiger partial charge in [-0.3, -0.25) is 0 Å². The number of nitrogens with zero attached hydrogens (tertiary/aromatic N) is 1. The van der Waals surface area contributed by atoms with E-state index >= 15 is 0 Å². The number of aryl methyl sites for hydroxylation is 1. The summed E-state index contributed by atoms with van der Waals surface area (Å²) in [6, 6.07) is 16.4. The molecular weight excluding hydrogens is 402 g/mol. The molecule has 2 aromatic rings. The highest BCUT2D eigenvalue weighted by atomic mass is 79.9. The monoisotopic (exact) mass is 419 g/mol. The van der Waals surface area contributed by atoms with Gasteiger partial charge in [0.2, 0.25) is 0 Å². The maximum absolute atomic E-state index is 13.2. The van der Waals surface area contributed by atoms with Crippen molar-refractivity contribution in [2.24, 2.45) is 5.41 Å². The van der Waals surface area contributed by atoms with Gasteiger partial charge in [-0.05, 0) is 36.8 Å². The van der Waals surface area contributed by atoms with Crippen molar-refractivity contribution in [3.05, 3.63) is 64.1 Å². The molecule has 6 heteroatoms. The van der Waals surface area contributed by atoms with E-state index in [0.717, 1.165) is 15.6 Å². The van der Waals surface area contributed by atoms with E-state index in [-0.39, 0.29) is 11.5 Å². The van der Waals surface area contributed by atoms with Gasteiger partial charge in [-0.15, -0.1) is 0 Å². The molecule has 0 heterocycles. The number of sulfone groups is 1. The normalized spacial score (nSPS) is 25.4. The smallest absolute Gasteiger partial charge is 0.183 e. The fourth-order valence-corrected chi connectivity index (χ4v) is 6.03. The van der Waals surface area contributed by atoms with Gasteiger partial charge in [-0.2, -0.15) is 5.26 Å². The lowest BCUT2D eigenvalue weighted by atomic mass is 10.0. The molecule has 0 N–H and O–H groups in total. The van der Waals surface area contributed by atoms with Gasteiger partial charge in [0.1, 0.15) is 5.41 Å². The maximum atomic E-state index is 13.2. The summed E-state index contributed by atoms with van der Waals surface area (Å²) in [6.07, 6.45) is 0. The minimum absolute atomic E-state index is 0.0833. The van der Waals surface area contributed by atoms with Crippen LogP contribution in [0.25, 0.3) is 0 Å². The molecule has 1 aliphatic carbocycles. The van der Waals surface area contributed by atoms with Crippen LogP contribution in [0.15, 0.2) is 57.9 Å². The molecule has 0 bridgehead atoms. The summed E-state index contributed by atoms with van der Waals surface area (Å²) in [4.78, 5) is 0.249. The van der Waals surface area contributed by atoms with Gasteiger partial charge in [0.15, 0.2) is 9.84 Å². The van der Waals surface area contributed by atoms with E-state index in [1.807, 2.05) is 31.2 Å². The molecule has 0 aromatic heterocycles. The zero-order valence-electron chi connectivity index (χ0n) is 13.9. The second kappa shape index (κ2) is 6.56. The number of nitriles is 1. The minimum Gasteiger partial charge on any atom is -0.383 e. The van der Waals surface area contributed by atoms with Crippen molar-refractivity contribution in [1.29, 1.82) is 5.26 Å². The molecule has 0 amide bonds. The zero-order chi connectivity index (χ0) is 18.2. The van der Waals surface area contributed by atoms with Gasteiger partial charge >= 0.3 is 0 Å². The number of ether oxygens (including phenoxy) is 1. The quantitative estimate of drug-likeness (QED) is 0.737. The van der Waals surface area contributed by atoms with E-state index in [4.69, 9.17) is 4.74 Å². The van der Waals surface area contributed by atoms with Crippen LogP contribution in [0.2, 0.25) is 0 Å². The lowest BCUT2D eigenvalue weighted by molar-refractivity contribution is 0.162. The molecule has 2 aromatic carbocycles. The first kappa shape index (κ1) is 18.1. The summed E-state index contributed by atoms with van der Waals surface area (Å²) in [5.74, 6) is -0.406. The Morgan fingerprint density at radius 3 is 2.28 bits per heavy atom. The van der Waals surface area contributed by atoms with Crippen LogP contribution in [-0.2, 0) is 14.6 Å². The van der Waals surface area contributed by atoms with Crippen LogP contribution in [0.4, 0.5) is 0 Å². The number of hydrogen-bond acceptors (Lipinski definition) is 4. The molecule has 25 heavy (non-hydrogen) atoms. The molecule has 0 radical (unpaired) electrons. The Balaban J connectivity index is 2.07. The topological polar surface area (TPSA) is 67.2 Å².